The molecule has 0 spiro atoms. The molecular weight excluding hydrogens is 331 g/mol. The summed E-state index contributed by atoms with van der Waals surface area (Å²) >= 11 is 0. The highest BCUT2D eigenvalue weighted by Crippen LogP contribution is 2.44. The van der Waals surface area contributed by atoms with Crippen molar-refractivity contribution in [2.75, 3.05) is 19.0 Å². The molecule has 1 unspecified atom stereocenters. The Labute approximate surface area is 142 Å². The number of nitriles is 1. The number of nitrogens with two attached hydrogens (primary N) is 1. The standard InChI is InChI=1S/C18H14F3N3O/c1-24(2)9-3-4-10-16(5-9)25-18(23)12(8-22)17(10)11-6-14(20)15(21)7-13(11)19/h3-7,17H,23H2,1-2H3. The second-order valence-electron chi connectivity index (χ2n) is 5.83. The predicted octanol–water partition coefficient (Wildman–Crippen LogP) is 3.39. The number of rotatable bonds is 2. The van der Waals surface area contributed by atoms with E-state index in [-0.39, 0.29) is 17.0 Å². The van der Waals surface area contributed by atoms with Crippen molar-refractivity contribution in [1.82, 2.24) is 0 Å². The van der Waals surface area contributed by atoms with Crippen LogP contribution >= 0.6 is 0 Å². The van der Waals surface area contributed by atoms with Gasteiger partial charge in [-0.3, -0.25) is 0 Å². The Bertz CT molecular complexity index is 932. The van der Waals surface area contributed by atoms with Crippen LogP contribution in [0.4, 0.5) is 18.9 Å². The molecule has 3 rings (SSSR count). The van der Waals surface area contributed by atoms with Crippen molar-refractivity contribution in [2.45, 2.75) is 5.92 Å². The van der Waals surface area contributed by atoms with Crippen LogP contribution in [0.1, 0.15) is 17.0 Å². The first-order chi connectivity index (χ1) is 11.8. The molecule has 4 nitrogen and oxygen atoms in total. The summed E-state index contributed by atoms with van der Waals surface area (Å²) in [4.78, 5) is 1.83. The zero-order chi connectivity index (χ0) is 18.3. The van der Waals surface area contributed by atoms with Crippen LogP contribution in [-0.2, 0) is 0 Å². The molecule has 0 bridgehead atoms. The largest absolute Gasteiger partial charge is 0.440 e. The molecule has 1 atom stereocenters. The average Bonchev–Trinajstić information content (AvgIpc) is 2.56. The molecule has 2 aromatic carbocycles. The Hall–Kier alpha value is -3.14. The fraction of sp³-hybridized carbons (Fsp3) is 0.167. The number of benzene rings is 2. The molecule has 2 aromatic rings. The van der Waals surface area contributed by atoms with Crippen molar-refractivity contribution in [1.29, 1.82) is 5.26 Å². The van der Waals surface area contributed by atoms with Gasteiger partial charge in [0.1, 0.15) is 23.2 Å². The monoisotopic (exact) mass is 345 g/mol. The van der Waals surface area contributed by atoms with Gasteiger partial charge < -0.3 is 15.4 Å². The third-order valence-electron chi connectivity index (χ3n) is 4.07. The van der Waals surface area contributed by atoms with E-state index >= 15 is 0 Å². The summed E-state index contributed by atoms with van der Waals surface area (Å²) in [5, 5.41) is 9.41. The van der Waals surface area contributed by atoms with Crippen LogP contribution in [-0.4, -0.2) is 14.1 Å². The van der Waals surface area contributed by atoms with Crippen LogP contribution in [0.3, 0.4) is 0 Å². The molecule has 0 aliphatic carbocycles. The van der Waals surface area contributed by atoms with Gasteiger partial charge in [-0.15, -0.1) is 0 Å². The fourth-order valence-electron chi connectivity index (χ4n) is 2.80. The summed E-state index contributed by atoms with van der Waals surface area (Å²) in [6, 6.07) is 8.17. The molecule has 0 amide bonds. The van der Waals surface area contributed by atoms with Crippen LogP contribution in [0, 0.1) is 28.8 Å². The van der Waals surface area contributed by atoms with Crippen molar-refractivity contribution in [2.24, 2.45) is 5.73 Å². The maximum Gasteiger partial charge on any atom is 0.205 e. The van der Waals surface area contributed by atoms with Gasteiger partial charge in [0.15, 0.2) is 11.6 Å². The highest BCUT2D eigenvalue weighted by Gasteiger charge is 2.33. The van der Waals surface area contributed by atoms with E-state index in [0.717, 1.165) is 11.8 Å². The van der Waals surface area contributed by atoms with E-state index in [4.69, 9.17) is 10.5 Å². The summed E-state index contributed by atoms with van der Waals surface area (Å²) in [6.07, 6.45) is 0. The molecule has 2 N–H and O–H groups in total. The van der Waals surface area contributed by atoms with Gasteiger partial charge in [0, 0.05) is 43.0 Å². The van der Waals surface area contributed by atoms with E-state index < -0.39 is 23.4 Å². The molecule has 25 heavy (non-hydrogen) atoms. The lowest BCUT2D eigenvalue weighted by molar-refractivity contribution is 0.392. The van der Waals surface area contributed by atoms with E-state index in [1.54, 1.807) is 18.2 Å². The second kappa shape index (κ2) is 6.06. The first-order valence-corrected chi connectivity index (χ1v) is 7.36. The third kappa shape index (κ3) is 2.76. The molecule has 0 fully saturated rings. The zero-order valence-corrected chi connectivity index (χ0v) is 13.5. The average molecular weight is 345 g/mol. The van der Waals surface area contributed by atoms with Crippen molar-refractivity contribution in [3.8, 4) is 11.8 Å². The molecule has 1 aliphatic rings. The van der Waals surface area contributed by atoms with Crippen molar-refractivity contribution < 1.29 is 17.9 Å². The molecule has 7 heteroatoms. The molecule has 0 radical (unpaired) electrons. The van der Waals surface area contributed by atoms with E-state index in [0.29, 0.717) is 17.4 Å². The first kappa shape index (κ1) is 16.7. The lowest BCUT2D eigenvalue weighted by Gasteiger charge is -2.28. The van der Waals surface area contributed by atoms with Crippen molar-refractivity contribution in [3.05, 3.63) is 70.4 Å². The summed E-state index contributed by atoms with van der Waals surface area (Å²) < 4.78 is 46.8. The lowest BCUT2D eigenvalue weighted by atomic mass is 9.83. The number of ether oxygens (including phenoxy) is 1. The number of allylic oxidation sites excluding steroid dienone is 1. The Morgan fingerprint density at radius 3 is 2.36 bits per heavy atom. The topological polar surface area (TPSA) is 62.3 Å². The van der Waals surface area contributed by atoms with E-state index in [2.05, 4.69) is 0 Å². The van der Waals surface area contributed by atoms with Crippen LogP contribution in [0.15, 0.2) is 41.8 Å². The number of fused-ring (bicyclic) bond motifs is 1. The molecule has 0 saturated carbocycles. The number of halogens is 3. The van der Waals surface area contributed by atoms with Gasteiger partial charge in [0.05, 0.1) is 5.92 Å². The minimum absolute atomic E-state index is 0.0602. The highest BCUT2D eigenvalue weighted by molar-refractivity contribution is 5.61. The Morgan fingerprint density at radius 1 is 1.04 bits per heavy atom. The fourth-order valence-corrected chi connectivity index (χ4v) is 2.80. The lowest BCUT2D eigenvalue weighted by Crippen LogP contribution is -2.22. The minimum Gasteiger partial charge on any atom is -0.440 e. The number of anilines is 1. The zero-order valence-electron chi connectivity index (χ0n) is 13.5. The van der Waals surface area contributed by atoms with Gasteiger partial charge in [0.25, 0.3) is 0 Å². The van der Waals surface area contributed by atoms with Gasteiger partial charge in [-0.05, 0) is 12.1 Å². The van der Waals surface area contributed by atoms with Gasteiger partial charge in [0.2, 0.25) is 5.88 Å². The van der Waals surface area contributed by atoms with Crippen LogP contribution < -0.4 is 15.4 Å². The van der Waals surface area contributed by atoms with Crippen molar-refractivity contribution >= 4 is 5.69 Å². The van der Waals surface area contributed by atoms with Gasteiger partial charge in [-0.25, -0.2) is 13.2 Å². The van der Waals surface area contributed by atoms with E-state index in [1.807, 2.05) is 25.1 Å². The van der Waals surface area contributed by atoms with E-state index in [9.17, 15) is 18.4 Å². The Kier molecular flexibility index (Phi) is 4.05. The molecule has 1 aliphatic heterocycles. The van der Waals surface area contributed by atoms with E-state index in [1.165, 1.54) is 0 Å². The summed E-state index contributed by atoms with van der Waals surface area (Å²) in [7, 11) is 3.66. The second-order valence-corrected chi connectivity index (χ2v) is 5.83. The first-order valence-electron chi connectivity index (χ1n) is 7.36. The molecule has 128 valence electrons. The summed E-state index contributed by atoms with van der Waals surface area (Å²) in [5.41, 5.74) is 6.81. The quantitative estimate of drug-likeness (QED) is 0.848. The summed E-state index contributed by atoms with van der Waals surface area (Å²) in [6.45, 7) is 0. The van der Waals surface area contributed by atoms with Crippen molar-refractivity contribution in [3.63, 3.8) is 0 Å². The minimum atomic E-state index is -1.30. The highest BCUT2D eigenvalue weighted by atomic mass is 19.2. The van der Waals surface area contributed by atoms with Gasteiger partial charge >= 0.3 is 0 Å². The molecule has 0 aromatic heterocycles. The number of hydrogen-bond donors (Lipinski definition) is 1. The maximum atomic E-state index is 14.3. The normalized spacial score (nSPS) is 16.1. The Morgan fingerprint density at radius 2 is 1.72 bits per heavy atom. The van der Waals surface area contributed by atoms with Crippen LogP contribution in [0.25, 0.3) is 0 Å². The molecule has 0 saturated heterocycles. The predicted molar refractivity (Wildman–Crippen MR) is 86.4 cm³/mol. The SMILES string of the molecule is CN(C)c1ccc2c(c1)OC(N)=C(C#N)C2c1cc(F)c(F)cc1F. The summed E-state index contributed by atoms with van der Waals surface area (Å²) in [5.74, 6) is -4.32. The van der Waals surface area contributed by atoms with Crippen LogP contribution in [0.5, 0.6) is 5.75 Å². The molecular formula is C18H14F3N3O. The van der Waals surface area contributed by atoms with Crippen LogP contribution in [0.2, 0.25) is 0 Å². The Balaban J connectivity index is 2.25. The smallest absolute Gasteiger partial charge is 0.205 e. The number of nitrogens with zero attached hydrogens (tertiary/aromatic N) is 2. The third-order valence-corrected chi connectivity index (χ3v) is 4.07. The van der Waals surface area contributed by atoms with Gasteiger partial charge in [-0.2, -0.15) is 5.26 Å². The maximum absolute atomic E-state index is 14.3. The molecule has 1 heterocycles. The van der Waals surface area contributed by atoms with Gasteiger partial charge in [-0.1, -0.05) is 6.07 Å². The number of hydrogen-bond acceptors (Lipinski definition) is 4.